The van der Waals surface area contributed by atoms with Crippen LogP contribution in [0.2, 0.25) is 0 Å². The predicted molar refractivity (Wildman–Crippen MR) is 57.6 cm³/mol. The molecule has 2 aromatic rings. The minimum Gasteiger partial charge on any atom is -0.488 e. The van der Waals surface area contributed by atoms with Gasteiger partial charge in [0.2, 0.25) is 0 Å². The van der Waals surface area contributed by atoms with Crippen LogP contribution in [-0.2, 0) is 6.61 Å². The van der Waals surface area contributed by atoms with E-state index in [4.69, 9.17) is 9.84 Å². The Balaban J connectivity index is 2.05. The maximum absolute atomic E-state index is 12.6. The third-order valence-electron chi connectivity index (χ3n) is 1.94. The van der Waals surface area contributed by atoms with Crippen molar-refractivity contribution in [1.29, 1.82) is 0 Å². The van der Waals surface area contributed by atoms with Crippen molar-refractivity contribution in [3.63, 3.8) is 0 Å². The molecule has 0 unspecified atom stereocenters. The molecule has 0 amide bonds. The van der Waals surface area contributed by atoms with E-state index in [9.17, 15) is 9.18 Å². The van der Waals surface area contributed by atoms with E-state index >= 15 is 0 Å². The summed E-state index contributed by atoms with van der Waals surface area (Å²) in [5.41, 5.74) is -0.114. The van der Waals surface area contributed by atoms with Crippen molar-refractivity contribution in [3.8, 4) is 5.75 Å². The lowest BCUT2D eigenvalue weighted by atomic mass is 10.3. The zero-order chi connectivity index (χ0) is 12.3. The van der Waals surface area contributed by atoms with Crippen LogP contribution in [0.3, 0.4) is 0 Å². The number of hydrogen-bond acceptors (Lipinski definition) is 5. The highest BCUT2D eigenvalue weighted by Crippen LogP contribution is 2.16. The molecule has 7 heteroatoms. The van der Waals surface area contributed by atoms with Crippen LogP contribution < -0.4 is 4.74 Å². The zero-order valence-electron chi connectivity index (χ0n) is 8.46. The highest BCUT2D eigenvalue weighted by Gasteiger charge is 2.15. The van der Waals surface area contributed by atoms with Gasteiger partial charge in [-0.15, -0.1) is 5.10 Å². The van der Waals surface area contributed by atoms with E-state index in [0.29, 0.717) is 10.6 Å². The standard InChI is InChI=1S/C10H7FN2O3S/c11-6-1-3-7(4-2-6)16-5-8-9(10(14)15)12-13-17-8/h1-4H,5H2,(H,14,15). The third kappa shape index (κ3) is 2.76. The molecule has 0 radical (unpaired) electrons. The number of benzene rings is 1. The lowest BCUT2D eigenvalue weighted by Gasteiger charge is -2.03. The van der Waals surface area contributed by atoms with E-state index in [2.05, 4.69) is 9.59 Å². The number of aromatic nitrogens is 2. The molecule has 88 valence electrons. The minimum absolute atomic E-state index is 0.0466. The molecule has 1 aromatic carbocycles. The van der Waals surface area contributed by atoms with Gasteiger partial charge in [-0.25, -0.2) is 9.18 Å². The molecule has 0 aliphatic carbocycles. The van der Waals surface area contributed by atoms with E-state index in [1.54, 1.807) is 0 Å². The normalized spacial score (nSPS) is 10.2. The van der Waals surface area contributed by atoms with Gasteiger partial charge in [-0.3, -0.25) is 0 Å². The summed E-state index contributed by atoms with van der Waals surface area (Å²) < 4.78 is 21.5. The van der Waals surface area contributed by atoms with Gasteiger partial charge in [-0.1, -0.05) is 4.49 Å². The molecule has 1 N–H and O–H groups in total. The van der Waals surface area contributed by atoms with Crippen molar-refractivity contribution in [3.05, 3.63) is 40.7 Å². The maximum Gasteiger partial charge on any atom is 0.357 e. The second-order valence-corrected chi connectivity index (χ2v) is 3.93. The molecule has 0 aliphatic rings. The first-order chi connectivity index (χ1) is 8.16. The molecule has 0 saturated heterocycles. The Hall–Kier alpha value is -2.02. The van der Waals surface area contributed by atoms with Gasteiger partial charge in [-0.2, -0.15) is 0 Å². The van der Waals surface area contributed by atoms with Crippen molar-refractivity contribution in [1.82, 2.24) is 9.59 Å². The average Bonchev–Trinajstić information content (AvgIpc) is 2.76. The second kappa shape index (κ2) is 4.88. The summed E-state index contributed by atoms with van der Waals surface area (Å²) in [4.78, 5) is 11.2. The van der Waals surface area contributed by atoms with Crippen LogP contribution in [0.25, 0.3) is 0 Å². The van der Waals surface area contributed by atoms with Gasteiger partial charge >= 0.3 is 5.97 Å². The maximum atomic E-state index is 12.6. The Morgan fingerprint density at radius 1 is 1.41 bits per heavy atom. The first-order valence-corrected chi connectivity index (χ1v) is 5.37. The number of hydrogen-bond donors (Lipinski definition) is 1. The number of ether oxygens (including phenoxy) is 1. The SMILES string of the molecule is O=C(O)c1nnsc1COc1ccc(F)cc1. The fourth-order valence-corrected chi connectivity index (χ4v) is 1.69. The van der Waals surface area contributed by atoms with Crippen LogP contribution in [-0.4, -0.2) is 20.7 Å². The molecule has 1 heterocycles. The van der Waals surface area contributed by atoms with Crippen molar-refractivity contribution in [2.45, 2.75) is 6.61 Å². The van der Waals surface area contributed by atoms with Gasteiger partial charge in [0.15, 0.2) is 5.69 Å². The number of carboxylic acid groups (broad SMARTS) is 1. The number of halogens is 1. The molecule has 0 atom stereocenters. The summed E-state index contributed by atoms with van der Waals surface area (Å²) in [6.45, 7) is 0.0466. The van der Waals surface area contributed by atoms with Crippen LogP contribution in [0, 0.1) is 5.82 Å². The fraction of sp³-hybridized carbons (Fsp3) is 0.100. The number of aromatic carboxylic acids is 1. The van der Waals surface area contributed by atoms with Gasteiger partial charge < -0.3 is 9.84 Å². The topological polar surface area (TPSA) is 72.3 Å². The smallest absolute Gasteiger partial charge is 0.357 e. The second-order valence-electron chi connectivity index (χ2n) is 3.09. The number of rotatable bonds is 4. The van der Waals surface area contributed by atoms with Crippen molar-refractivity contribution < 1.29 is 19.0 Å². The Kier molecular flexibility index (Phi) is 3.29. The molecule has 0 bridgehead atoms. The van der Waals surface area contributed by atoms with Gasteiger partial charge in [0.1, 0.15) is 18.2 Å². The van der Waals surface area contributed by atoms with Crippen LogP contribution in [0.4, 0.5) is 4.39 Å². The van der Waals surface area contributed by atoms with Crippen molar-refractivity contribution in [2.24, 2.45) is 0 Å². The molecular weight excluding hydrogens is 247 g/mol. The Morgan fingerprint density at radius 2 is 2.12 bits per heavy atom. The first kappa shape index (κ1) is 11.5. The number of carboxylic acids is 1. The number of carbonyl (C=O) groups is 1. The monoisotopic (exact) mass is 254 g/mol. The summed E-state index contributed by atoms with van der Waals surface area (Å²) >= 11 is 0.959. The molecule has 0 saturated carbocycles. The van der Waals surface area contributed by atoms with E-state index in [1.165, 1.54) is 24.3 Å². The minimum atomic E-state index is -1.14. The van der Waals surface area contributed by atoms with Gasteiger partial charge in [0, 0.05) is 0 Å². The van der Waals surface area contributed by atoms with E-state index < -0.39 is 5.97 Å². The summed E-state index contributed by atoms with van der Waals surface area (Å²) in [6.07, 6.45) is 0. The summed E-state index contributed by atoms with van der Waals surface area (Å²) in [6, 6.07) is 5.45. The van der Waals surface area contributed by atoms with E-state index in [-0.39, 0.29) is 18.1 Å². The molecule has 0 fully saturated rings. The van der Waals surface area contributed by atoms with Crippen LogP contribution in [0.5, 0.6) is 5.75 Å². The lowest BCUT2D eigenvalue weighted by molar-refractivity contribution is 0.0687. The Morgan fingerprint density at radius 3 is 2.76 bits per heavy atom. The highest BCUT2D eigenvalue weighted by molar-refractivity contribution is 7.05. The molecule has 0 spiro atoms. The molecule has 1 aromatic heterocycles. The summed E-state index contributed by atoms with van der Waals surface area (Å²) in [7, 11) is 0. The first-order valence-electron chi connectivity index (χ1n) is 4.59. The van der Waals surface area contributed by atoms with Crippen molar-refractivity contribution in [2.75, 3.05) is 0 Å². The Labute approximate surface area is 99.6 Å². The molecule has 2 rings (SSSR count). The predicted octanol–water partition coefficient (Wildman–Crippen LogP) is 1.95. The summed E-state index contributed by atoms with van der Waals surface area (Å²) in [5, 5.41) is 12.3. The van der Waals surface area contributed by atoms with Crippen LogP contribution in [0.15, 0.2) is 24.3 Å². The lowest BCUT2D eigenvalue weighted by Crippen LogP contribution is -2.03. The highest BCUT2D eigenvalue weighted by atomic mass is 32.1. The third-order valence-corrected chi connectivity index (χ3v) is 2.64. The quantitative estimate of drug-likeness (QED) is 0.902. The molecule has 0 aliphatic heterocycles. The van der Waals surface area contributed by atoms with Gasteiger partial charge in [-0.05, 0) is 35.8 Å². The van der Waals surface area contributed by atoms with Crippen LogP contribution >= 0.6 is 11.5 Å². The average molecular weight is 254 g/mol. The van der Waals surface area contributed by atoms with Gasteiger partial charge in [0.25, 0.3) is 0 Å². The molecule has 5 nitrogen and oxygen atoms in total. The van der Waals surface area contributed by atoms with Crippen molar-refractivity contribution >= 4 is 17.5 Å². The summed E-state index contributed by atoms with van der Waals surface area (Å²) in [5.74, 6) is -1.05. The Bertz CT molecular complexity index is 527. The molecular formula is C10H7FN2O3S. The van der Waals surface area contributed by atoms with Crippen LogP contribution in [0.1, 0.15) is 15.4 Å². The van der Waals surface area contributed by atoms with E-state index in [1.807, 2.05) is 0 Å². The zero-order valence-corrected chi connectivity index (χ0v) is 9.28. The molecule has 17 heavy (non-hydrogen) atoms. The largest absolute Gasteiger partial charge is 0.488 e. The van der Waals surface area contributed by atoms with E-state index in [0.717, 1.165) is 11.5 Å². The fourth-order valence-electron chi connectivity index (χ4n) is 1.15. The van der Waals surface area contributed by atoms with Gasteiger partial charge in [0.05, 0.1) is 4.88 Å². The number of nitrogens with zero attached hydrogens (tertiary/aromatic N) is 2.